The van der Waals surface area contributed by atoms with E-state index in [2.05, 4.69) is 127 Å². The van der Waals surface area contributed by atoms with Crippen LogP contribution in [0.1, 0.15) is 0 Å². The first-order valence-corrected chi connectivity index (χ1v) is 14.4. The second-order valence-corrected chi connectivity index (χ2v) is 11.5. The van der Waals surface area contributed by atoms with E-state index in [0.29, 0.717) is 0 Å². The Morgan fingerprint density at radius 2 is 1.05 bits per heavy atom. The molecule has 0 atom stereocenters. The molecule has 7 aromatic carbocycles. The van der Waals surface area contributed by atoms with E-state index in [1.165, 1.54) is 75.4 Å². The molecule has 0 saturated heterocycles. The van der Waals surface area contributed by atoms with E-state index in [0.717, 1.165) is 10.5 Å². The molecule has 186 valence electrons. The van der Waals surface area contributed by atoms with Crippen molar-refractivity contribution in [3.05, 3.63) is 133 Å². The van der Waals surface area contributed by atoms with Crippen LogP contribution in [0.2, 0.25) is 0 Å². The fourth-order valence-corrected chi connectivity index (χ4v) is 7.65. The van der Waals surface area contributed by atoms with Gasteiger partial charge in [-0.2, -0.15) is 0 Å². The first-order chi connectivity index (χ1) is 19.8. The van der Waals surface area contributed by atoms with Gasteiger partial charge in [-0.1, -0.05) is 127 Å². The Labute approximate surface area is 234 Å². The molecule has 2 heteroatoms. The Morgan fingerprint density at radius 3 is 1.80 bits per heavy atom. The van der Waals surface area contributed by atoms with Gasteiger partial charge in [0.25, 0.3) is 0 Å². The first kappa shape index (κ1) is 22.0. The zero-order valence-corrected chi connectivity index (χ0v) is 22.3. The average Bonchev–Trinajstić information content (AvgIpc) is 3.55. The molecule has 2 aromatic heterocycles. The summed E-state index contributed by atoms with van der Waals surface area (Å²) in [5.41, 5.74) is 6.04. The summed E-state index contributed by atoms with van der Waals surface area (Å²) in [5, 5.41) is 11.3. The van der Waals surface area contributed by atoms with Crippen LogP contribution in [-0.4, -0.2) is 0 Å². The Balaban J connectivity index is 1.41. The van der Waals surface area contributed by atoms with Crippen molar-refractivity contribution in [1.82, 2.24) is 0 Å². The van der Waals surface area contributed by atoms with Crippen molar-refractivity contribution in [2.45, 2.75) is 0 Å². The smallest absolute Gasteiger partial charge is 0.190 e. The van der Waals surface area contributed by atoms with Gasteiger partial charge >= 0.3 is 0 Å². The van der Waals surface area contributed by atoms with Crippen LogP contribution in [-0.2, 0) is 0 Å². The number of hydrogen-bond donors (Lipinski definition) is 0. The highest BCUT2D eigenvalue weighted by Crippen LogP contribution is 2.47. The predicted molar refractivity (Wildman–Crippen MR) is 172 cm³/mol. The molecule has 0 amide bonds. The van der Waals surface area contributed by atoms with Crippen LogP contribution >= 0.6 is 11.3 Å². The lowest BCUT2D eigenvalue weighted by atomic mass is 9.84. The van der Waals surface area contributed by atoms with E-state index in [9.17, 15) is 0 Å². The van der Waals surface area contributed by atoms with Crippen LogP contribution in [0.3, 0.4) is 0 Å². The van der Waals surface area contributed by atoms with Crippen molar-refractivity contribution >= 4 is 75.0 Å². The topological polar surface area (TPSA) is 13.1 Å². The van der Waals surface area contributed by atoms with Gasteiger partial charge < -0.3 is 4.42 Å². The highest BCUT2D eigenvalue weighted by molar-refractivity contribution is 7.25. The largest absolute Gasteiger partial charge is 0.445 e. The van der Waals surface area contributed by atoms with Crippen LogP contribution in [0.5, 0.6) is 0 Å². The minimum Gasteiger partial charge on any atom is -0.445 e. The van der Waals surface area contributed by atoms with Crippen LogP contribution < -0.4 is 0 Å². The second kappa shape index (κ2) is 8.29. The van der Waals surface area contributed by atoms with Gasteiger partial charge in [-0.05, 0) is 72.8 Å². The number of benzene rings is 7. The molecule has 0 bridgehead atoms. The molecule has 2 heterocycles. The normalized spacial score (nSPS) is 12.0. The summed E-state index contributed by atoms with van der Waals surface area (Å²) in [5.74, 6) is 0. The quantitative estimate of drug-likeness (QED) is 0.204. The lowest BCUT2D eigenvalue weighted by Gasteiger charge is -2.19. The molecule has 1 nitrogen and oxygen atoms in total. The summed E-state index contributed by atoms with van der Waals surface area (Å²) < 4.78 is 7.50. The van der Waals surface area contributed by atoms with Crippen molar-refractivity contribution in [3.63, 3.8) is 0 Å². The van der Waals surface area contributed by atoms with E-state index < -0.39 is 0 Å². The Kier molecular flexibility index (Phi) is 4.55. The van der Waals surface area contributed by atoms with E-state index >= 15 is 0 Å². The molecule has 0 radical (unpaired) electrons. The Bertz CT molecular complexity index is 2380. The maximum absolute atomic E-state index is 6.24. The monoisotopic (exact) mass is 526 g/mol. The van der Waals surface area contributed by atoms with Crippen molar-refractivity contribution < 1.29 is 4.42 Å². The van der Waals surface area contributed by atoms with Gasteiger partial charge in [-0.3, -0.25) is 0 Å². The lowest BCUT2D eigenvalue weighted by molar-refractivity contribution is 0.678. The molecule has 0 aliphatic rings. The van der Waals surface area contributed by atoms with Crippen molar-refractivity contribution in [2.75, 3.05) is 0 Å². The summed E-state index contributed by atoms with van der Waals surface area (Å²) in [4.78, 5) is 0.995. The molecular weight excluding hydrogens is 504 g/mol. The highest BCUT2D eigenvalue weighted by atomic mass is 32.1. The van der Waals surface area contributed by atoms with E-state index in [1.807, 2.05) is 6.07 Å². The molecule has 0 spiro atoms. The summed E-state index contributed by atoms with van der Waals surface area (Å²) in [6.07, 6.45) is 0. The number of thiophene rings is 1. The van der Waals surface area contributed by atoms with Gasteiger partial charge in [-0.15, -0.1) is 0 Å². The zero-order valence-electron chi connectivity index (χ0n) is 21.5. The van der Waals surface area contributed by atoms with Crippen LogP contribution in [0.4, 0.5) is 0 Å². The molecule has 0 unspecified atom stereocenters. The molecular formula is C38H22OS. The van der Waals surface area contributed by atoms with Crippen LogP contribution in [0.25, 0.3) is 85.9 Å². The lowest BCUT2D eigenvalue weighted by Crippen LogP contribution is -1.91. The van der Waals surface area contributed by atoms with Crippen LogP contribution in [0.15, 0.2) is 138 Å². The van der Waals surface area contributed by atoms with E-state index in [4.69, 9.17) is 4.42 Å². The fourth-order valence-electron chi connectivity index (χ4n) is 6.59. The third kappa shape index (κ3) is 3.03. The molecule has 9 aromatic rings. The first-order valence-electron chi connectivity index (χ1n) is 13.6. The molecule has 0 fully saturated rings. The molecule has 9 rings (SSSR count). The third-order valence-corrected chi connectivity index (χ3v) is 9.34. The van der Waals surface area contributed by atoms with Crippen LogP contribution in [0, 0.1) is 0 Å². The zero-order chi connectivity index (χ0) is 26.2. The van der Waals surface area contributed by atoms with Crippen molar-refractivity contribution in [2.24, 2.45) is 0 Å². The third-order valence-electron chi connectivity index (χ3n) is 8.29. The molecule has 0 aliphatic heterocycles. The molecule has 0 N–H and O–H groups in total. The van der Waals surface area contributed by atoms with Gasteiger partial charge in [0.2, 0.25) is 0 Å². The number of fused-ring (bicyclic) bond motifs is 8. The number of hydrogen-bond acceptors (Lipinski definition) is 2. The SMILES string of the molecule is c1ccc2c(-c3c4ccccc4c(-c4ccc5sc6oc7ccccc7c6c5c4)c4ccccc34)cccc2c1. The van der Waals surface area contributed by atoms with Crippen molar-refractivity contribution in [1.29, 1.82) is 0 Å². The summed E-state index contributed by atoms with van der Waals surface area (Å²) >= 11 is 1.73. The summed E-state index contributed by atoms with van der Waals surface area (Å²) in [6.45, 7) is 0. The van der Waals surface area contributed by atoms with E-state index in [1.54, 1.807) is 11.3 Å². The molecule has 0 saturated carbocycles. The maximum atomic E-state index is 6.24. The van der Waals surface area contributed by atoms with Crippen molar-refractivity contribution in [3.8, 4) is 22.3 Å². The number of para-hydroxylation sites is 1. The second-order valence-electron chi connectivity index (χ2n) is 10.4. The number of rotatable bonds is 2. The molecule has 0 aliphatic carbocycles. The van der Waals surface area contributed by atoms with Gasteiger partial charge in [0.05, 0.1) is 0 Å². The van der Waals surface area contributed by atoms with E-state index in [-0.39, 0.29) is 0 Å². The minimum absolute atomic E-state index is 0.950. The predicted octanol–water partition coefficient (Wildman–Crippen LogP) is 11.6. The Hall–Kier alpha value is -4.92. The average molecular weight is 527 g/mol. The fraction of sp³-hybridized carbons (Fsp3) is 0. The van der Waals surface area contributed by atoms with Gasteiger partial charge in [0.1, 0.15) is 5.58 Å². The maximum Gasteiger partial charge on any atom is 0.190 e. The minimum atomic E-state index is 0.950. The standard InChI is InChI=1S/C38H22OS/c1-2-12-25-23(10-1)11-9-18-26(25)36-29-15-5-3-13-27(29)35(28-14-4-6-16-30(28)36)24-20-21-34-32(22-24)37-31-17-7-8-19-33(31)39-38(37)40-34/h1-22H. The van der Waals surface area contributed by atoms with Gasteiger partial charge in [0.15, 0.2) is 4.90 Å². The highest BCUT2D eigenvalue weighted by Gasteiger charge is 2.19. The number of furan rings is 1. The summed E-state index contributed by atoms with van der Waals surface area (Å²) in [7, 11) is 0. The van der Waals surface area contributed by atoms with Gasteiger partial charge in [-0.25, -0.2) is 0 Å². The van der Waals surface area contributed by atoms with Gasteiger partial charge in [0, 0.05) is 20.9 Å². The summed E-state index contributed by atoms with van der Waals surface area (Å²) in [6, 6.07) is 48.4. The Morgan fingerprint density at radius 1 is 0.450 bits per heavy atom. The molecule has 40 heavy (non-hydrogen) atoms.